The highest BCUT2D eigenvalue weighted by molar-refractivity contribution is 5.68. The summed E-state index contributed by atoms with van der Waals surface area (Å²) >= 11 is 0. The Morgan fingerprint density at radius 3 is 2.38 bits per heavy atom. The molecule has 0 unspecified atom stereocenters. The van der Waals surface area contributed by atoms with Gasteiger partial charge in [-0.1, -0.05) is 42.5 Å². The molecule has 0 saturated carbocycles. The van der Waals surface area contributed by atoms with Gasteiger partial charge in [-0.05, 0) is 18.1 Å². The van der Waals surface area contributed by atoms with Gasteiger partial charge >= 0.3 is 0 Å². The van der Waals surface area contributed by atoms with Crippen LogP contribution in [-0.2, 0) is 6.61 Å². The fourth-order valence-corrected chi connectivity index (χ4v) is 1.79. The summed E-state index contributed by atoms with van der Waals surface area (Å²) in [5, 5.41) is 9.02. The van der Waals surface area contributed by atoms with Crippen molar-refractivity contribution in [3.05, 3.63) is 59.4 Å². The summed E-state index contributed by atoms with van der Waals surface area (Å²) in [5.41, 5.74) is 2.78. The van der Waals surface area contributed by atoms with E-state index in [9.17, 15) is 4.39 Å². The molecule has 0 spiro atoms. The number of halogens is 1. The molecule has 0 saturated heterocycles. The topological polar surface area (TPSA) is 20.2 Å². The van der Waals surface area contributed by atoms with Crippen LogP contribution in [0.2, 0.25) is 0 Å². The molecule has 0 fully saturated rings. The lowest BCUT2D eigenvalue weighted by atomic mass is 9.98. The van der Waals surface area contributed by atoms with Crippen LogP contribution in [0, 0.1) is 12.7 Å². The second kappa shape index (κ2) is 4.45. The van der Waals surface area contributed by atoms with Crippen LogP contribution < -0.4 is 0 Å². The van der Waals surface area contributed by atoms with Gasteiger partial charge in [-0.25, -0.2) is 4.39 Å². The quantitative estimate of drug-likeness (QED) is 0.816. The Labute approximate surface area is 94.2 Å². The molecule has 0 aromatic heterocycles. The van der Waals surface area contributed by atoms with Crippen LogP contribution >= 0.6 is 0 Å². The SMILES string of the molecule is Cc1ccccc1-c1cccc(CO)c1F. The van der Waals surface area contributed by atoms with Crippen LogP contribution in [0.25, 0.3) is 11.1 Å². The Bertz CT molecular complexity index is 506. The summed E-state index contributed by atoms with van der Waals surface area (Å²) in [6.07, 6.45) is 0. The van der Waals surface area contributed by atoms with Gasteiger partial charge in [0.05, 0.1) is 6.61 Å². The Morgan fingerprint density at radius 2 is 1.69 bits per heavy atom. The minimum Gasteiger partial charge on any atom is -0.392 e. The minimum atomic E-state index is -0.334. The molecule has 82 valence electrons. The maximum Gasteiger partial charge on any atom is 0.136 e. The first-order valence-electron chi connectivity index (χ1n) is 5.18. The van der Waals surface area contributed by atoms with Crippen molar-refractivity contribution in [2.24, 2.45) is 0 Å². The van der Waals surface area contributed by atoms with Gasteiger partial charge in [-0.3, -0.25) is 0 Å². The number of hydrogen-bond donors (Lipinski definition) is 1. The Balaban J connectivity index is 2.61. The van der Waals surface area contributed by atoms with Gasteiger partial charge in [0.2, 0.25) is 0 Å². The number of aliphatic hydroxyl groups excluding tert-OH is 1. The van der Waals surface area contributed by atoms with E-state index in [1.54, 1.807) is 18.2 Å². The van der Waals surface area contributed by atoms with Crippen molar-refractivity contribution in [2.75, 3.05) is 0 Å². The highest BCUT2D eigenvalue weighted by Gasteiger charge is 2.10. The maximum atomic E-state index is 14.0. The van der Waals surface area contributed by atoms with Crippen LogP contribution in [0.4, 0.5) is 4.39 Å². The van der Waals surface area contributed by atoms with Crippen LogP contribution in [0.15, 0.2) is 42.5 Å². The highest BCUT2D eigenvalue weighted by Crippen LogP contribution is 2.27. The molecule has 16 heavy (non-hydrogen) atoms. The molecule has 2 aromatic rings. The number of benzene rings is 2. The van der Waals surface area contributed by atoms with E-state index in [2.05, 4.69) is 0 Å². The normalized spacial score (nSPS) is 10.4. The zero-order chi connectivity index (χ0) is 11.5. The largest absolute Gasteiger partial charge is 0.392 e. The van der Waals surface area contributed by atoms with E-state index in [0.717, 1.165) is 11.1 Å². The monoisotopic (exact) mass is 216 g/mol. The molecule has 0 aliphatic rings. The van der Waals surface area contributed by atoms with Crippen LogP contribution in [-0.4, -0.2) is 5.11 Å². The van der Waals surface area contributed by atoms with Gasteiger partial charge in [-0.2, -0.15) is 0 Å². The zero-order valence-corrected chi connectivity index (χ0v) is 9.07. The third-order valence-electron chi connectivity index (χ3n) is 2.68. The standard InChI is InChI=1S/C14H13FO/c1-10-5-2-3-7-12(10)13-8-4-6-11(9-16)14(13)15/h2-8,16H,9H2,1H3. The summed E-state index contributed by atoms with van der Waals surface area (Å²) < 4.78 is 14.0. The van der Waals surface area contributed by atoms with Crippen molar-refractivity contribution in [3.8, 4) is 11.1 Å². The van der Waals surface area contributed by atoms with Crippen LogP contribution in [0.3, 0.4) is 0 Å². The second-order valence-electron chi connectivity index (χ2n) is 3.75. The fourth-order valence-electron chi connectivity index (χ4n) is 1.79. The Hall–Kier alpha value is -1.67. The number of aliphatic hydroxyl groups is 1. The zero-order valence-electron chi connectivity index (χ0n) is 9.07. The summed E-state index contributed by atoms with van der Waals surface area (Å²) in [7, 11) is 0. The summed E-state index contributed by atoms with van der Waals surface area (Å²) in [4.78, 5) is 0. The first-order chi connectivity index (χ1) is 7.74. The van der Waals surface area contributed by atoms with E-state index in [1.165, 1.54) is 0 Å². The molecular weight excluding hydrogens is 203 g/mol. The first kappa shape index (κ1) is 10.8. The van der Waals surface area contributed by atoms with Gasteiger partial charge in [0.15, 0.2) is 0 Å². The van der Waals surface area contributed by atoms with Crippen molar-refractivity contribution in [1.82, 2.24) is 0 Å². The van der Waals surface area contributed by atoms with Crippen LogP contribution in [0.1, 0.15) is 11.1 Å². The Kier molecular flexibility index (Phi) is 3.02. The predicted molar refractivity (Wildman–Crippen MR) is 62.5 cm³/mol. The average molecular weight is 216 g/mol. The lowest BCUT2D eigenvalue weighted by Crippen LogP contribution is -1.94. The molecule has 0 bridgehead atoms. The molecule has 0 aliphatic heterocycles. The molecular formula is C14H13FO. The van der Waals surface area contributed by atoms with Crippen molar-refractivity contribution >= 4 is 0 Å². The molecule has 2 rings (SSSR count). The van der Waals surface area contributed by atoms with Crippen molar-refractivity contribution < 1.29 is 9.50 Å². The van der Waals surface area contributed by atoms with Gasteiger partial charge in [0.25, 0.3) is 0 Å². The number of rotatable bonds is 2. The van der Waals surface area contributed by atoms with E-state index in [0.29, 0.717) is 11.1 Å². The molecule has 2 aromatic carbocycles. The molecule has 0 heterocycles. The third-order valence-corrected chi connectivity index (χ3v) is 2.68. The van der Waals surface area contributed by atoms with E-state index in [4.69, 9.17) is 5.11 Å². The number of hydrogen-bond acceptors (Lipinski definition) is 1. The van der Waals surface area contributed by atoms with Crippen LogP contribution in [0.5, 0.6) is 0 Å². The van der Waals surface area contributed by atoms with Gasteiger partial charge in [0, 0.05) is 11.1 Å². The highest BCUT2D eigenvalue weighted by atomic mass is 19.1. The van der Waals surface area contributed by atoms with Gasteiger partial charge in [0.1, 0.15) is 5.82 Å². The smallest absolute Gasteiger partial charge is 0.136 e. The van der Waals surface area contributed by atoms with Gasteiger partial charge in [-0.15, -0.1) is 0 Å². The molecule has 2 heteroatoms. The molecule has 0 amide bonds. The molecule has 0 aliphatic carbocycles. The average Bonchev–Trinajstić information content (AvgIpc) is 2.31. The van der Waals surface area contributed by atoms with Crippen molar-refractivity contribution in [3.63, 3.8) is 0 Å². The van der Waals surface area contributed by atoms with E-state index < -0.39 is 0 Å². The fraction of sp³-hybridized carbons (Fsp3) is 0.143. The molecule has 1 N–H and O–H groups in total. The van der Waals surface area contributed by atoms with Crippen molar-refractivity contribution in [1.29, 1.82) is 0 Å². The summed E-state index contributed by atoms with van der Waals surface area (Å²) in [6, 6.07) is 12.7. The van der Waals surface area contributed by atoms with E-state index >= 15 is 0 Å². The van der Waals surface area contributed by atoms with E-state index in [-0.39, 0.29) is 12.4 Å². The molecule has 0 atom stereocenters. The summed E-state index contributed by atoms with van der Waals surface area (Å²) in [5.74, 6) is -0.334. The number of aryl methyl sites for hydroxylation is 1. The first-order valence-corrected chi connectivity index (χ1v) is 5.18. The lowest BCUT2D eigenvalue weighted by Gasteiger charge is -2.09. The lowest BCUT2D eigenvalue weighted by molar-refractivity contribution is 0.276. The molecule has 1 nitrogen and oxygen atoms in total. The Morgan fingerprint density at radius 1 is 1.00 bits per heavy atom. The second-order valence-corrected chi connectivity index (χ2v) is 3.75. The summed E-state index contributed by atoms with van der Waals surface area (Å²) in [6.45, 7) is 1.67. The maximum absolute atomic E-state index is 14.0. The minimum absolute atomic E-state index is 0.272. The third kappa shape index (κ3) is 1.84. The molecule has 0 radical (unpaired) electrons. The van der Waals surface area contributed by atoms with Gasteiger partial charge < -0.3 is 5.11 Å². The predicted octanol–water partition coefficient (Wildman–Crippen LogP) is 3.29. The van der Waals surface area contributed by atoms with E-state index in [1.807, 2.05) is 31.2 Å². The van der Waals surface area contributed by atoms with Crippen molar-refractivity contribution in [2.45, 2.75) is 13.5 Å².